The standard InChI is InChI=1S/C21H18BrN3O4/c1-13-3-4-14(2)15(9-13)10-21(26)24-23-12-17-6-8-20(29-17)18-7-5-16(25(27)28)11-19(18)22/h3-9,11-12H,10H2,1-2H3,(H,24,26)/b23-12-. The molecule has 0 aliphatic carbocycles. The molecule has 0 saturated heterocycles. The van der Waals surface area contributed by atoms with Crippen LogP contribution in [-0.2, 0) is 11.2 Å². The predicted octanol–water partition coefficient (Wildman–Crippen LogP) is 4.93. The molecule has 1 amide bonds. The third-order valence-corrected chi connectivity index (χ3v) is 4.95. The first-order chi connectivity index (χ1) is 13.8. The van der Waals surface area contributed by atoms with Crippen LogP contribution in [0.15, 0.2) is 62.5 Å². The molecule has 1 aromatic heterocycles. The Kier molecular flexibility index (Phi) is 6.23. The highest BCUT2D eigenvalue weighted by molar-refractivity contribution is 9.10. The SMILES string of the molecule is Cc1ccc(C)c(CC(=O)N/N=C\c2ccc(-c3ccc([N+](=O)[O-])cc3Br)o2)c1. The van der Waals surface area contributed by atoms with Gasteiger partial charge < -0.3 is 4.42 Å². The molecule has 1 N–H and O–H groups in total. The minimum atomic E-state index is -0.463. The lowest BCUT2D eigenvalue weighted by Crippen LogP contribution is -2.20. The normalized spacial score (nSPS) is 11.0. The topological polar surface area (TPSA) is 97.7 Å². The highest BCUT2D eigenvalue weighted by Gasteiger charge is 2.13. The van der Waals surface area contributed by atoms with E-state index in [9.17, 15) is 14.9 Å². The average molecular weight is 456 g/mol. The predicted molar refractivity (Wildman–Crippen MR) is 114 cm³/mol. The maximum Gasteiger partial charge on any atom is 0.270 e. The van der Waals surface area contributed by atoms with Gasteiger partial charge in [-0.1, -0.05) is 23.8 Å². The fraction of sp³-hybridized carbons (Fsp3) is 0.143. The Morgan fingerprint density at radius 3 is 2.72 bits per heavy atom. The molecule has 8 heteroatoms. The van der Waals surface area contributed by atoms with Gasteiger partial charge in [-0.05, 0) is 59.1 Å². The van der Waals surface area contributed by atoms with Crippen molar-refractivity contribution in [1.82, 2.24) is 5.43 Å². The van der Waals surface area contributed by atoms with Gasteiger partial charge >= 0.3 is 0 Å². The van der Waals surface area contributed by atoms with Crippen molar-refractivity contribution in [2.45, 2.75) is 20.3 Å². The molecule has 1 heterocycles. The van der Waals surface area contributed by atoms with Gasteiger partial charge in [-0.3, -0.25) is 14.9 Å². The molecule has 0 aliphatic heterocycles. The molecule has 0 radical (unpaired) electrons. The number of hydrogen-bond acceptors (Lipinski definition) is 5. The van der Waals surface area contributed by atoms with E-state index in [0.29, 0.717) is 21.6 Å². The van der Waals surface area contributed by atoms with E-state index in [1.54, 1.807) is 18.2 Å². The van der Waals surface area contributed by atoms with Crippen molar-refractivity contribution in [1.29, 1.82) is 0 Å². The molecule has 148 valence electrons. The Balaban J connectivity index is 1.64. The first-order valence-corrected chi connectivity index (χ1v) is 9.55. The van der Waals surface area contributed by atoms with Crippen LogP contribution < -0.4 is 5.43 Å². The van der Waals surface area contributed by atoms with Crippen LogP contribution >= 0.6 is 15.9 Å². The number of nitro groups is 1. The van der Waals surface area contributed by atoms with Gasteiger partial charge in [0.05, 0.1) is 17.6 Å². The van der Waals surface area contributed by atoms with E-state index in [0.717, 1.165) is 16.7 Å². The smallest absolute Gasteiger partial charge is 0.270 e. The molecular weight excluding hydrogens is 438 g/mol. The molecule has 0 saturated carbocycles. The number of benzene rings is 2. The lowest BCUT2D eigenvalue weighted by atomic mass is 10.0. The molecule has 29 heavy (non-hydrogen) atoms. The summed E-state index contributed by atoms with van der Waals surface area (Å²) in [7, 11) is 0. The van der Waals surface area contributed by atoms with Gasteiger partial charge in [0.2, 0.25) is 5.91 Å². The molecule has 2 aromatic carbocycles. The number of halogens is 1. The minimum Gasteiger partial charge on any atom is -0.455 e. The molecule has 0 bridgehead atoms. The van der Waals surface area contributed by atoms with Gasteiger partial charge in [0, 0.05) is 22.2 Å². The second-order valence-electron chi connectivity index (χ2n) is 6.52. The first-order valence-electron chi connectivity index (χ1n) is 8.75. The van der Waals surface area contributed by atoms with Crippen LogP contribution in [0.4, 0.5) is 5.69 Å². The van der Waals surface area contributed by atoms with Crippen molar-refractivity contribution in [3.05, 3.63) is 85.6 Å². The molecule has 7 nitrogen and oxygen atoms in total. The molecule has 0 unspecified atom stereocenters. The number of rotatable bonds is 6. The number of hydrogen-bond donors (Lipinski definition) is 1. The Bertz CT molecular complexity index is 1110. The quantitative estimate of drug-likeness (QED) is 0.323. The summed E-state index contributed by atoms with van der Waals surface area (Å²) in [5, 5.41) is 14.8. The Morgan fingerprint density at radius 1 is 1.21 bits per heavy atom. The van der Waals surface area contributed by atoms with Crippen LogP contribution in [-0.4, -0.2) is 17.0 Å². The molecule has 3 rings (SSSR count). The van der Waals surface area contributed by atoms with E-state index >= 15 is 0 Å². The van der Waals surface area contributed by atoms with Crippen molar-refractivity contribution >= 4 is 33.7 Å². The monoisotopic (exact) mass is 455 g/mol. The third kappa shape index (κ3) is 5.17. The number of non-ortho nitro benzene ring substituents is 1. The lowest BCUT2D eigenvalue weighted by Gasteiger charge is -2.05. The number of nitro benzene ring substituents is 1. The number of aryl methyl sites for hydroxylation is 2. The van der Waals surface area contributed by atoms with Gasteiger partial charge in [-0.25, -0.2) is 5.43 Å². The highest BCUT2D eigenvalue weighted by Crippen LogP contribution is 2.32. The van der Waals surface area contributed by atoms with Crippen LogP contribution in [0.1, 0.15) is 22.5 Å². The van der Waals surface area contributed by atoms with E-state index < -0.39 is 4.92 Å². The summed E-state index contributed by atoms with van der Waals surface area (Å²) in [6.45, 7) is 3.95. The van der Waals surface area contributed by atoms with Crippen LogP contribution in [0.3, 0.4) is 0 Å². The van der Waals surface area contributed by atoms with Gasteiger partial charge in [0.15, 0.2) is 0 Å². The highest BCUT2D eigenvalue weighted by atomic mass is 79.9. The molecule has 3 aromatic rings. The number of nitrogens with one attached hydrogen (secondary N) is 1. The maximum absolute atomic E-state index is 12.1. The number of nitrogens with zero attached hydrogens (tertiary/aromatic N) is 2. The average Bonchev–Trinajstić information content (AvgIpc) is 3.13. The van der Waals surface area contributed by atoms with Crippen molar-refractivity contribution in [3.63, 3.8) is 0 Å². The molecule has 0 spiro atoms. The Hall–Kier alpha value is -3.26. The second-order valence-corrected chi connectivity index (χ2v) is 7.38. The number of hydrazone groups is 1. The van der Waals surface area contributed by atoms with E-state index in [1.165, 1.54) is 18.3 Å². The van der Waals surface area contributed by atoms with Crippen LogP contribution in [0.5, 0.6) is 0 Å². The molecule has 0 atom stereocenters. The number of amides is 1. The van der Waals surface area contributed by atoms with Gasteiger partial charge in [0.25, 0.3) is 5.69 Å². The third-order valence-electron chi connectivity index (χ3n) is 4.29. The zero-order chi connectivity index (χ0) is 21.0. The number of carbonyl (C=O) groups is 1. The molecular formula is C21H18BrN3O4. The summed E-state index contributed by atoms with van der Waals surface area (Å²) in [4.78, 5) is 22.5. The van der Waals surface area contributed by atoms with E-state index in [4.69, 9.17) is 4.42 Å². The number of carbonyl (C=O) groups excluding carboxylic acids is 1. The summed E-state index contributed by atoms with van der Waals surface area (Å²) >= 11 is 3.32. The van der Waals surface area contributed by atoms with Gasteiger partial charge in [0.1, 0.15) is 11.5 Å². The largest absolute Gasteiger partial charge is 0.455 e. The van der Waals surface area contributed by atoms with E-state index in [2.05, 4.69) is 26.5 Å². The minimum absolute atomic E-state index is 0.0134. The van der Waals surface area contributed by atoms with Crippen molar-refractivity contribution in [3.8, 4) is 11.3 Å². The fourth-order valence-electron chi connectivity index (χ4n) is 2.76. The van der Waals surface area contributed by atoms with Gasteiger partial charge in [-0.15, -0.1) is 0 Å². The van der Waals surface area contributed by atoms with Crippen molar-refractivity contribution in [2.75, 3.05) is 0 Å². The summed E-state index contributed by atoms with van der Waals surface area (Å²) in [6, 6.07) is 13.8. The van der Waals surface area contributed by atoms with Crippen LogP contribution in [0.25, 0.3) is 11.3 Å². The Labute approximate surface area is 175 Å². The van der Waals surface area contributed by atoms with Gasteiger partial charge in [-0.2, -0.15) is 5.10 Å². The summed E-state index contributed by atoms with van der Waals surface area (Å²) in [5.41, 5.74) is 6.27. The molecule has 0 aliphatic rings. The maximum atomic E-state index is 12.1. The first kappa shape index (κ1) is 20.5. The summed E-state index contributed by atoms with van der Waals surface area (Å²) < 4.78 is 6.23. The van der Waals surface area contributed by atoms with Crippen molar-refractivity contribution in [2.24, 2.45) is 5.10 Å². The zero-order valence-electron chi connectivity index (χ0n) is 15.8. The second kappa shape index (κ2) is 8.83. The Morgan fingerprint density at radius 2 is 2.00 bits per heavy atom. The zero-order valence-corrected chi connectivity index (χ0v) is 17.4. The van der Waals surface area contributed by atoms with E-state index in [1.807, 2.05) is 32.0 Å². The van der Waals surface area contributed by atoms with Crippen LogP contribution in [0, 0.1) is 24.0 Å². The van der Waals surface area contributed by atoms with E-state index in [-0.39, 0.29) is 18.0 Å². The summed E-state index contributed by atoms with van der Waals surface area (Å²) in [5.74, 6) is 0.743. The number of furan rings is 1. The lowest BCUT2D eigenvalue weighted by molar-refractivity contribution is -0.384. The molecule has 0 fully saturated rings. The van der Waals surface area contributed by atoms with Crippen LogP contribution in [0.2, 0.25) is 0 Å². The van der Waals surface area contributed by atoms with Crippen molar-refractivity contribution < 1.29 is 14.1 Å². The fourth-order valence-corrected chi connectivity index (χ4v) is 3.32. The summed E-state index contributed by atoms with van der Waals surface area (Å²) in [6.07, 6.45) is 1.65.